The van der Waals surface area contributed by atoms with Gasteiger partial charge in [0.2, 0.25) is 0 Å². The van der Waals surface area contributed by atoms with Crippen LogP contribution in [0.2, 0.25) is 0 Å². The van der Waals surface area contributed by atoms with Gasteiger partial charge in [-0.3, -0.25) is 9.36 Å². The molecule has 0 bridgehead atoms. The van der Waals surface area contributed by atoms with Gasteiger partial charge in [0, 0.05) is 30.9 Å². The second-order valence-electron chi connectivity index (χ2n) is 7.87. The number of carbonyl (C=O) groups is 1. The number of fused-ring (bicyclic) bond motifs is 1. The van der Waals surface area contributed by atoms with Crippen LogP contribution in [0.5, 0.6) is 0 Å². The highest BCUT2D eigenvalue weighted by molar-refractivity contribution is 5.94. The third kappa shape index (κ3) is 4.00. The van der Waals surface area contributed by atoms with E-state index in [0.29, 0.717) is 5.41 Å². The zero-order chi connectivity index (χ0) is 18.3. The van der Waals surface area contributed by atoms with Crippen LogP contribution >= 0.6 is 24.8 Å². The molecule has 1 amide bonds. The summed E-state index contributed by atoms with van der Waals surface area (Å²) in [5.74, 6) is 0.151. The van der Waals surface area contributed by atoms with Crippen LogP contribution in [0.3, 0.4) is 0 Å². The SMILES string of the molecule is Cl.Cl.O=C(c1ccc(-n2cnc3ccccc32)cc1)N1CCC2(CCNC2)CC1. The van der Waals surface area contributed by atoms with Gasteiger partial charge in [0.1, 0.15) is 6.33 Å². The number of aromatic nitrogens is 2. The largest absolute Gasteiger partial charge is 0.339 e. The molecule has 0 atom stereocenters. The molecule has 5 rings (SSSR count). The first-order chi connectivity index (χ1) is 13.2. The fourth-order valence-electron chi connectivity index (χ4n) is 4.52. The third-order valence-corrected chi connectivity index (χ3v) is 6.29. The predicted octanol–water partition coefficient (Wildman–Crippen LogP) is 4.08. The van der Waals surface area contributed by atoms with Gasteiger partial charge in [-0.15, -0.1) is 24.8 Å². The van der Waals surface area contributed by atoms with Crippen molar-refractivity contribution in [3.63, 3.8) is 0 Å². The Morgan fingerprint density at radius 3 is 2.38 bits per heavy atom. The van der Waals surface area contributed by atoms with Crippen molar-refractivity contribution in [2.75, 3.05) is 26.2 Å². The molecule has 3 heterocycles. The quantitative estimate of drug-likeness (QED) is 0.663. The van der Waals surface area contributed by atoms with Gasteiger partial charge in [-0.1, -0.05) is 12.1 Å². The molecule has 2 aromatic carbocycles. The second-order valence-corrected chi connectivity index (χ2v) is 7.87. The summed E-state index contributed by atoms with van der Waals surface area (Å²) in [5.41, 5.74) is 4.27. The van der Waals surface area contributed by atoms with Gasteiger partial charge >= 0.3 is 0 Å². The van der Waals surface area contributed by atoms with Crippen LogP contribution in [0.4, 0.5) is 0 Å². The van der Waals surface area contributed by atoms with E-state index in [9.17, 15) is 4.79 Å². The average molecular weight is 433 g/mol. The number of piperidine rings is 1. The van der Waals surface area contributed by atoms with Gasteiger partial charge in [0.05, 0.1) is 11.0 Å². The molecule has 0 unspecified atom stereocenters. The second kappa shape index (κ2) is 8.74. The smallest absolute Gasteiger partial charge is 0.253 e. The fraction of sp³-hybridized carbons (Fsp3) is 0.364. The normalized spacial score (nSPS) is 17.7. The molecule has 0 radical (unpaired) electrons. The van der Waals surface area contributed by atoms with E-state index >= 15 is 0 Å². The molecule has 154 valence electrons. The van der Waals surface area contributed by atoms with Crippen molar-refractivity contribution >= 4 is 41.8 Å². The molecule has 2 saturated heterocycles. The minimum absolute atomic E-state index is 0. The summed E-state index contributed by atoms with van der Waals surface area (Å²) in [4.78, 5) is 19.4. The molecule has 3 aromatic rings. The van der Waals surface area contributed by atoms with Crippen molar-refractivity contribution in [2.24, 2.45) is 5.41 Å². The van der Waals surface area contributed by atoms with E-state index in [1.165, 1.54) is 6.42 Å². The zero-order valence-corrected chi connectivity index (χ0v) is 17.8. The van der Waals surface area contributed by atoms with Gasteiger partial charge in [0.15, 0.2) is 0 Å². The maximum atomic E-state index is 12.9. The van der Waals surface area contributed by atoms with Crippen LogP contribution in [0, 0.1) is 5.41 Å². The number of hydrogen-bond donors (Lipinski definition) is 1. The Hall–Kier alpha value is -2.08. The van der Waals surface area contributed by atoms with Crippen molar-refractivity contribution in [3.8, 4) is 5.69 Å². The lowest BCUT2D eigenvalue weighted by Crippen LogP contribution is -2.44. The van der Waals surface area contributed by atoms with Crippen LogP contribution in [0.25, 0.3) is 16.7 Å². The van der Waals surface area contributed by atoms with Gasteiger partial charge in [-0.25, -0.2) is 4.98 Å². The Kier molecular flexibility index (Phi) is 6.52. The summed E-state index contributed by atoms with van der Waals surface area (Å²) < 4.78 is 2.06. The van der Waals surface area contributed by atoms with Crippen LogP contribution in [0.15, 0.2) is 54.9 Å². The summed E-state index contributed by atoms with van der Waals surface area (Å²) in [6, 6.07) is 16.0. The molecule has 7 heteroatoms. The maximum Gasteiger partial charge on any atom is 0.253 e. The minimum Gasteiger partial charge on any atom is -0.339 e. The van der Waals surface area contributed by atoms with Crippen LogP contribution in [0.1, 0.15) is 29.6 Å². The van der Waals surface area contributed by atoms with E-state index in [1.807, 2.05) is 53.7 Å². The lowest BCUT2D eigenvalue weighted by molar-refractivity contribution is 0.0607. The van der Waals surface area contributed by atoms with E-state index in [0.717, 1.165) is 61.3 Å². The highest BCUT2D eigenvalue weighted by Crippen LogP contribution is 2.37. The van der Waals surface area contributed by atoms with Crippen LogP contribution in [-0.4, -0.2) is 46.5 Å². The number of nitrogens with zero attached hydrogens (tertiary/aromatic N) is 3. The van der Waals surface area contributed by atoms with Crippen molar-refractivity contribution in [1.82, 2.24) is 19.8 Å². The van der Waals surface area contributed by atoms with Crippen molar-refractivity contribution in [1.29, 1.82) is 0 Å². The molecule has 2 fully saturated rings. The Bertz CT molecular complexity index is 970. The summed E-state index contributed by atoms with van der Waals surface area (Å²) >= 11 is 0. The van der Waals surface area contributed by atoms with Crippen molar-refractivity contribution in [2.45, 2.75) is 19.3 Å². The van der Waals surface area contributed by atoms with Crippen molar-refractivity contribution < 1.29 is 4.79 Å². The number of amides is 1. The molecular weight excluding hydrogens is 407 g/mol. The third-order valence-electron chi connectivity index (χ3n) is 6.29. The number of para-hydroxylation sites is 2. The zero-order valence-electron chi connectivity index (χ0n) is 16.2. The predicted molar refractivity (Wildman–Crippen MR) is 121 cm³/mol. The first kappa shape index (κ1) is 21.6. The number of imidazole rings is 1. The molecular formula is C22H26Cl2N4O. The van der Waals surface area contributed by atoms with Crippen LogP contribution < -0.4 is 5.32 Å². The van der Waals surface area contributed by atoms with Gasteiger partial charge < -0.3 is 10.2 Å². The number of hydrogen-bond acceptors (Lipinski definition) is 3. The van der Waals surface area contributed by atoms with Gasteiger partial charge in [-0.2, -0.15) is 0 Å². The highest BCUT2D eigenvalue weighted by atomic mass is 35.5. The average Bonchev–Trinajstić information content (AvgIpc) is 3.36. The summed E-state index contributed by atoms with van der Waals surface area (Å²) in [5, 5.41) is 3.48. The van der Waals surface area contributed by atoms with Crippen LogP contribution in [-0.2, 0) is 0 Å². The molecule has 29 heavy (non-hydrogen) atoms. The Balaban J connectivity index is 0.00000120. The van der Waals surface area contributed by atoms with E-state index in [1.54, 1.807) is 0 Å². The Morgan fingerprint density at radius 1 is 0.966 bits per heavy atom. The standard InChI is InChI=1S/C22H24N4O.2ClH/c27-21(25-13-10-22(11-14-25)9-12-23-15-22)17-5-7-18(8-6-17)26-16-24-19-3-1-2-4-20(19)26;;/h1-8,16,23H,9-15H2;2*1H. The topological polar surface area (TPSA) is 50.2 Å². The Morgan fingerprint density at radius 2 is 1.69 bits per heavy atom. The van der Waals surface area contributed by atoms with E-state index in [2.05, 4.69) is 20.9 Å². The lowest BCUT2D eigenvalue weighted by atomic mass is 9.78. The molecule has 1 spiro atoms. The number of nitrogens with one attached hydrogen (secondary N) is 1. The minimum atomic E-state index is 0. The Labute approximate surface area is 183 Å². The van der Waals surface area contributed by atoms with Crippen molar-refractivity contribution in [3.05, 3.63) is 60.4 Å². The fourth-order valence-corrected chi connectivity index (χ4v) is 4.52. The van der Waals surface area contributed by atoms with Gasteiger partial charge in [0.25, 0.3) is 5.91 Å². The van der Waals surface area contributed by atoms with E-state index in [4.69, 9.17) is 0 Å². The molecule has 2 aliphatic rings. The first-order valence-electron chi connectivity index (χ1n) is 9.77. The number of likely N-dealkylation sites (tertiary alicyclic amines) is 1. The lowest BCUT2D eigenvalue weighted by Gasteiger charge is -2.38. The highest BCUT2D eigenvalue weighted by Gasteiger charge is 2.38. The van der Waals surface area contributed by atoms with Gasteiger partial charge in [-0.05, 0) is 67.6 Å². The molecule has 1 N–H and O–H groups in total. The first-order valence-corrected chi connectivity index (χ1v) is 9.77. The molecule has 1 aromatic heterocycles. The maximum absolute atomic E-state index is 12.9. The number of rotatable bonds is 2. The summed E-state index contributed by atoms with van der Waals surface area (Å²) in [6.07, 6.45) is 5.32. The molecule has 5 nitrogen and oxygen atoms in total. The van der Waals surface area contributed by atoms with E-state index in [-0.39, 0.29) is 30.7 Å². The monoisotopic (exact) mass is 432 g/mol. The number of halogens is 2. The molecule has 2 aliphatic heterocycles. The number of benzene rings is 2. The molecule has 0 saturated carbocycles. The number of carbonyl (C=O) groups excluding carboxylic acids is 1. The summed E-state index contributed by atoms with van der Waals surface area (Å²) in [7, 11) is 0. The summed E-state index contributed by atoms with van der Waals surface area (Å²) in [6.45, 7) is 3.98. The molecule has 0 aliphatic carbocycles. The van der Waals surface area contributed by atoms with E-state index < -0.39 is 0 Å².